The van der Waals surface area contributed by atoms with Gasteiger partial charge in [-0.3, -0.25) is 0 Å². The van der Waals surface area contributed by atoms with E-state index in [1.54, 1.807) is 17.4 Å². The molecule has 0 saturated carbocycles. The molecule has 2 rings (SSSR count). The number of thiophene rings is 1. The van der Waals surface area contributed by atoms with Gasteiger partial charge in [-0.2, -0.15) is 13.2 Å². The van der Waals surface area contributed by atoms with Crippen LogP contribution in [0.15, 0.2) is 18.2 Å². The molecule has 0 spiro atoms. The second kappa shape index (κ2) is 7.87. The minimum absolute atomic E-state index is 0.214. The lowest BCUT2D eigenvalue weighted by molar-refractivity contribution is -0.137. The molecule has 0 radical (unpaired) electrons. The molecule has 1 aromatic heterocycles. The fraction of sp³-hybridized carbons (Fsp3) is 0.579. The zero-order valence-corrected chi connectivity index (χ0v) is 15.2. The van der Waals surface area contributed by atoms with E-state index in [0.29, 0.717) is 18.2 Å². The average Bonchev–Trinajstić information content (AvgIpc) is 2.87. The molecule has 0 saturated heterocycles. The molecule has 5 heteroatoms. The van der Waals surface area contributed by atoms with Gasteiger partial charge in [-0.15, -0.1) is 11.3 Å². The molecule has 24 heavy (non-hydrogen) atoms. The van der Waals surface area contributed by atoms with Gasteiger partial charge in [0.1, 0.15) is 0 Å². The summed E-state index contributed by atoms with van der Waals surface area (Å²) in [5.74, 6) is 0.214. The van der Waals surface area contributed by atoms with E-state index in [-0.39, 0.29) is 12.0 Å². The van der Waals surface area contributed by atoms with E-state index in [0.717, 1.165) is 40.5 Å². The molecule has 1 nitrogen and oxygen atoms in total. The van der Waals surface area contributed by atoms with Crippen LogP contribution >= 0.6 is 11.3 Å². The van der Waals surface area contributed by atoms with Gasteiger partial charge < -0.3 is 5.11 Å². The van der Waals surface area contributed by atoms with Crippen LogP contribution in [0.25, 0.3) is 10.1 Å². The second-order valence-electron chi connectivity index (χ2n) is 6.44. The number of aliphatic hydroxyl groups excluding tert-OH is 1. The summed E-state index contributed by atoms with van der Waals surface area (Å²) in [5.41, 5.74) is 0.339. The molecule has 2 aromatic rings. The van der Waals surface area contributed by atoms with Gasteiger partial charge in [0.05, 0.1) is 11.7 Å². The summed E-state index contributed by atoms with van der Waals surface area (Å²) in [6.45, 7) is 5.99. The monoisotopic (exact) mass is 358 g/mol. The Morgan fingerprint density at radius 1 is 1.21 bits per heavy atom. The molecule has 2 unspecified atom stereocenters. The highest BCUT2D eigenvalue weighted by atomic mass is 32.1. The van der Waals surface area contributed by atoms with Gasteiger partial charge in [0, 0.05) is 9.58 Å². The van der Waals surface area contributed by atoms with E-state index in [1.807, 2.05) is 13.8 Å². The van der Waals surface area contributed by atoms with Crippen molar-refractivity contribution < 1.29 is 18.3 Å². The first-order chi connectivity index (χ1) is 11.3. The van der Waals surface area contributed by atoms with Crippen molar-refractivity contribution in [3.8, 4) is 0 Å². The normalized spacial score (nSPS) is 15.0. The molecule has 1 aromatic carbocycles. The third kappa shape index (κ3) is 4.31. The molecule has 134 valence electrons. The van der Waals surface area contributed by atoms with Crippen molar-refractivity contribution in [2.24, 2.45) is 0 Å². The van der Waals surface area contributed by atoms with E-state index >= 15 is 0 Å². The fourth-order valence-electron chi connectivity index (χ4n) is 3.11. The minimum atomic E-state index is -4.32. The maximum atomic E-state index is 13.0. The predicted octanol–water partition coefficient (Wildman–Crippen LogP) is 6.66. The van der Waals surface area contributed by atoms with E-state index in [4.69, 9.17) is 0 Å². The van der Waals surface area contributed by atoms with Gasteiger partial charge in [-0.25, -0.2) is 0 Å². The smallest absolute Gasteiger partial charge is 0.393 e. The van der Waals surface area contributed by atoms with E-state index in [9.17, 15) is 18.3 Å². The van der Waals surface area contributed by atoms with Gasteiger partial charge in [0.25, 0.3) is 0 Å². The van der Waals surface area contributed by atoms with Crippen molar-refractivity contribution in [1.29, 1.82) is 0 Å². The van der Waals surface area contributed by atoms with Crippen LogP contribution in [0.3, 0.4) is 0 Å². The molecular weight excluding hydrogens is 333 g/mol. The molecule has 0 aliphatic carbocycles. The standard InChI is InChI=1S/C19H25F3OS/c1-4-6-7-13(10-15(23)5-2)18-12(3)16-11-14(19(20,21)22)8-9-17(16)24-18/h8-9,11,13,15,23H,4-7,10H2,1-3H3. The van der Waals surface area contributed by atoms with Crippen LogP contribution in [-0.2, 0) is 6.18 Å². The number of benzene rings is 1. The summed E-state index contributed by atoms with van der Waals surface area (Å²) in [6.07, 6.45) is -0.206. The summed E-state index contributed by atoms with van der Waals surface area (Å²) in [4.78, 5) is 1.13. The van der Waals surface area contributed by atoms with Crippen molar-refractivity contribution >= 4 is 21.4 Å². The highest BCUT2D eigenvalue weighted by Crippen LogP contribution is 2.42. The summed E-state index contributed by atoms with van der Waals surface area (Å²) < 4.78 is 39.8. The second-order valence-corrected chi connectivity index (χ2v) is 7.52. The number of halogens is 3. The number of rotatable bonds is 7. The summed E-state index contributed by atoms with van der Waals surface area (Å²) in [5, 5.41) is 10.8. The number of hydrogen-bond donors (Lipinski definition) is 1. The van der Waals surface area contributed by atoms with Crippen molar-refractivity contribution in [3.05, 3.63) is 34.2 Å². The first kappa shape index (κ1) is 19.3. The topological polar surface area (TPSA) is 20.2 Å². The molecule has 0 aliphatic rings. The molecule has 0 amide bonds. The fourth-order valence-corrected chi connectivity index (χ4v) is 4.45. The minimum Gasteiger partial charge on any atom is -0.393 e. The third-order valence-electron chi connectivity index (χ3n) is 4.61. The number of fused-ring (bicyclic) bond motifs is 1. The molecular formula is C19H25F3OS. The SMILES string of the molecule is CCCCC(CC(O)CC)c1sc2ccc(C(F)(F)F)cc2c1C. The number of aryl methyl sites for hydroxylation is 1. The van der Waals surface area contributed by atoms with Gasteiger partial charge in [0.15, 0.2) is 0 Å². The number of alkyl halides is 3. The summed E-state index contributed by atoms with van der Waals surface area (Å²) in [7, 11) is 0. The van der Waals surface area contributed by atoms with E-state index in [2.05, 4.69) is 6.92 Å². The highest BCUT2D eigenvalue weighted by Gasteiger charge is 2.31. The molecule has 0 fully saturated rings. The van der Waals surface area contributed by atoms with Crippen LogP contribution < -0.4 is 0 Å². The lowest BCUT2D eigenvalue weighted by atomic mass is 9.90. The Labute approximate surface area is 145 Å². The van der Waals surface area contributed by atoms with Crippen LogP contribution in [0.1, 0.15) is 67.9 Å². The van der Waals surface area contributed by atoms with E-state index < -0.39 is 11.7 Å². The van der Waals surface area contributed by atoms with Gasteiger partial charge >= 0.3 is 6.18 Å². The van der Waals surface area contributed by atoms with Crippen molar-refractivity contribution in [1.82, 2.24) is 0 Å². The molecule has 1 heterocycles. The Balaban J connectivity index is 2.43. The van der Waals surface area contributed by atoms with E-state index in [1.165, 1.54) is 6.07 Å². The molecule has 2 atom stereocenters. The lowest BCUT2D eigenvalue weighted by Crippen LogP contribution is -2.11. The summed E-state index contributed by atoms with van der Waals surface area (Å²) in [6, 6.07) is 3.99. The van der Waals surface area contributed by atoms with Crippen molar-refractivity contribution in [3.63, 3.8) is 0 Å². The summed E-state index contributed by atoms with van der Waals surface area (Å²) >= 11 is 1.58. The van der Waals surface area contributed by atoms with Gasteiger partial charge in [-0.1, -0.05) is 26.7 Å². The first-order valence-electron chi connectivity index (χ1n) is 8.56. The van der Waals surface area contributed by atoms with Crippen molar-refractivity contribution in [2.45, 2.75) is 71.1 Å². The maximum absolute atomic E-state index is 13.0. The van der Waals surface area contributed by atoms with Crippen molar-refractivity contribution in [2.75, 3.05) is 0 Å². The Morgan fingerprint density at radius 2 is 1.92 bits per heavy atom. The Kier molecular flexibility index (Phi) is 6.32. The number of aliphatic hydroxyl groups is 1. The predicted molar refractivity (Wildman–Crippen MR) is 94.7 cm³/mol. The largest absolute Gasteiger partial charge is 0.416 e. The van der Waals surface area contributed by atoms with Crippen LogP contribution in [0, 0.1) is 6.92 Å². The third-order valence-corrected chi connectivity index (χ3v) is 6.04. The Bertz CT molecular complexity index is 675. The zero-order chi connectivity index (χ0) is 17.9. The Morgan fingerprint density at radius 3 is 2.50 bits per heavy atom. The molecule has 1 N–H and O–H groups in total. The zero-order valence-electron chi connectivity index (χ0n) is 14.4. The van der Waals surface area contributed by atoms with Crippen LogP contribution in [0.2, 0.25) is 0 Å². The van der Waals surface area contributed by atoms with Crippen LogP contribution in [0.5, 0.6) is 0 Å². The molecule has 0 bridgehead atoms. The average molecular weight is 358 g/mol. The van der Waals surface area contributed by atoms with Gasteiger partial charge in [-0.05, 0) is 61.3 Å². The maximum Gasteiger partial charge on any atom is 0.416 e. The lowest BCUT2D eigenvalue weighted by Gasteiger charge is -2.19. The van der Waals surface area contributed by atoms with Crippen LogP contribution in [0.4, 0.5) is 13.2 Å². The van der Waals surface area contributed by atoms with Crippen LogP contribution in [-0.4, -0.2) is 11.2 Å². The number of hydrogen-bond acceptors (Lipinski definition) is 2. The highest BCUT2D eigenvalue weighted by molar-refractivity contribution is 7.19. The molecule has 0 aliphatic heterocycles. The first-order valence-corrected chi connectivity index (χ1v) is 9.37. The number of unbranched alkanes of at least 4 members (excludes halogenated alkanes) is 1. The van der Waals surface area contributed by atoms with Gasteiger partial charge in [0.2, 0.25) is 0 Å². The quantitative estimate of drug-likeness (QED) is 0.586. The Hall–Kier alpha value is -1.07.